The van der Waals surface area contributed by atoms with Gasteiger partial charge in [-0.25, -0.2) is 4.79 Å². The third kappa shape index (κ3) is 4.81. The Balaban J connectivity index is 2.83. The summed E-state index contributed by atoms with van der Waals surface area (Å²) in [4.78, 5) is 11.8. The summed E-state index contributed by atoms with van der Waals surface area (Å²) in [5.74, 6) is 0.425. The maximum Gasteiger partial charge on any atom is 0.347 e. The molecule has 0 fully saturated rings. The van der Waals surface area contributed by atoms with Gasteiger partial charge in [-0.1, -0.05) is 0 Å². The molecule has 0 N–H and O–H groups in total. The van der Waals surface area contributed by atoms with Crippen molar-refractivity contribution in [2.45, 2.75) is 39.4 Å². The van der Waals surface area contributed by atoms with Crippen LogP contribution < -0.4 is 9.47 Å². The summed E-state index contributed by atoms with van der Waals surface area (Å²) in [5, 5.41) is 8.93. The highest BCUT2D eigenvalue weighted by atomic mass is 16.6. The molecular weight excluding hydrogens is 258 g/mol. The third-order valence-electron chi connectivity index (χ3n) is 2.30. The highest BCUT2D eigenvalue weighted by Gasteiger charge is 2.23. The first-order valence-electron chi connectivity index (χ1n) is 6.24. The second-order valence-corrected chi connectivity index (χ2v) is 5.30. The molecule has 5 heteroatoms. The lowest BCUT2D eigenvalue weighted by Crippen LogP contribution is -2.33. The molecule has 1 rings (SSSR count). The molecule has 1 unspecified atom stereocenters. The van der Waals surface area contributed by atoms with E-state index in [0.717, 1.165) is 0 Å². The fourth-order valence-electron chi connectivity index (χ4n) is 1.46. The molecule has 108 valence electrons. The zero-order valence-corrected chi connectivity index (χ0v) is 12.4. The summed E-state index contributed by atoms with van der Waals surface area (Å²) < 4.78 is 15.8. The van der Waals surface area contributed by atoms with Crippen molar-refractivity contribution in [1.29, 1.82) is 5.26 Å². The van der Waals surface area contributed by atoms with Gasteiger partial charge in [0.15, 0.2) is 6.10 Å². The van der Waals surface area contributed by atoms with Crippen molar-refractivity contribution in [2.75, 3.05) is 7.11 Å². The number of nitriles is 1. The second kappa shape index (κ2) is 6.29. The van der Waals surface area contributed by atoms with E-state index in [0.29, 0.717) is 17.1 Å². The molecule has 0 aliphatic heterocycles. The maximum atomic E-state index is 11.8. The Morgan fingerprint density at radius 1 is 1.25 bits per heavy atom. The summed E-state index contributed by atoms with van der Waals surface area (Å²) in [6, 6.07) is 6.75. The van der Waals surface area contributed by atoms with Gasteiger partial charge in [-0.3, -0.25) is 0 Å². The SMILES string of the molecule is COc1cc(C#N)cc(OC(C)C(=O)OC(C)(C)C)c1. The fraction of sp³-hybridized carbons (Fsp3) is 0.467. The highest BCUT2D eigenvalue weighted by Crippen LogP contribution is 2.23. The largest absolute Gasteiger partial charge is 0.497 e. The molecule has 0 saturated carbocycles. The van der Waals surface area contributed by atoms with Crippen molar-refractivity contribution in [1.82, 2.24) is 0 Å². The fourth-order valence-corrected chi connectivity index (χ4v) is 1.46. The monoisotopic (exact) mass is 277 g/mol. The number of hydrogen-bond acceptors (Lipinski definition) is 5. The van der Waals surface area contributed by atoms with E-state index in [2.05, 4.69) is 0 Å². The van der Waals surface area contributed by atoms with Crippen LogP contribution >= 0.6 is 0 Å². The Bertz CT molecular complexity index is 526. The summed E-state index contributed by atoms with van der Waals surface area (Å²) >= 11 is 0. The topological polar surface area (TPSA) is 68.5 Å². The van der Waals surface area contributed by atoms with E-state index in [9.17, 15) is 4.79 Å². The van der Waals surface area contributed by atoms with Crippen LogP contribution in [-0.2, 0) is 9.53 Å². The minimum Gasteiger partial charge on any atom is -0.497 e. The van der Waals surface area contributed by atoms with Crippen LogP contribution in [0.2, 0.25) is 0 Å². The molecular formula is C15H19NO4. The van der Waals surface area contributed by atoms with E-state index in [1.54, 1.807) is 45.9 Å². The molecule has 20 heavy (non-hydrogen) atoms. The van der Waals surface area contributed by atoms with Gasteiger partial charge in [-0.05, 0) is 39.8 Å². The van der Waals surface area contributed by atoms with Crippen LogP contribution in [0.4, 0.5) is 0 Å². The normalized spacial score (nSPS) is 12.2. The summed E-state index contributed by atoms with van der Waals surface area (Å²) in [6.45, 7) is 6.96. The number of ether oxygens (including phenoxy) is 3. The van der Waals surface area contributed by atoms with Gasteiger partial charge in [-0.15, -0.1) is 0 Å². The molecule has 5 nitrogen and oxygen atoms in total. The Labute approximate surface area is 119 Å². The van der Waals surface area contributed by atoms with E-state index >= 15 is 0 Å². The van der Waals surface area contributed by atoms with Gasteiger partial charge in [0, 0.05) is 6.07 Å². The Morgan fingerprint density at radius 2 is 1.85 bits per heavy atom. The van der Waals surface area contributed by atoms with Crippen molar-refractivity contribution < 1.29 is 19.0 Å². The van der Waals surface area contributed by atoms with Gasteiger partial charge in [0.25, 0.3) is 0 Å². The van der Waals surface area contributed by atoms with Crippen molar-refractivity contribution in [3.05, 3.63) is 23.8 Å². The van der Waals surface area contributed by atoms with E-state index in [4.69, 9.17) is 19.5 Å². The summed E-state index contributed by atoms with van der Waals surface area (Å²) in [6.07, 6.45) is -0.770. The number of nitrogens with zero attached hydrogens (tertiary/aromatic N) is 1. The molecule has 0 aromatic heterocycles. The van der Waals surface area contributed by atoms with Crippen LogP contribution in [0.1, 0.15) is 33.3 Å². The minimum absolute atomic E-state index is 0.388. The number of hydrogen-bond donors (Lipinski definition) is 0. The third-order valence-corrected chi connectivity index (χ3v) is 2.30. The zero-order chi connectivity index (χ0) is 15.3. The Hall–Kier alpha value is -2.22. The highest BCUT2D eigenvalue weighted by molar-refractivity contribution is 5.75. The predicted octanol–water partition coefficient (Wildman–Crippen LogP) is 2.68. The first-order chi connectivity index (χ1) is 9.25. The summed E-state index contributed by atoms with van der Waals surface area (Å²) in [7, 11) is 1.50. The molecule has 0 heterocycles. The number of methoxy groups -OCH3 is 1. The van der Waals surface area contributed by atoms with Crippen molar-refractivity contribution in [2.24, 2.45) is 0 Å². The molecule has 0 aliphatic carbocycles. The molecule has 1 aromatic carbocycles. The quantitative estimate of drug-likeness (QED) is 0.791. The van der Waals surface area contributed by atoms with Gasteiger partial charge in [0.1, 0.15) is 17.1 Å². The second-order valence-electron chi connectivity index (χ2n) is 5.30. The summed E-state index contributed by atoms with van der Waals surface area (Å²) in [5.41, 5.74) is -0.170. The number of carbonyl (C=O) groups is 1. The average Bonchev–Trinajstić information content (AvgIpc) is 2.36. The Morgan fingerprint density at radius 3 is 2.35 bits per heavy atom. The number of carbonyl (C=O) groups excluding carboxylic acids is 1. The molecule has 0 saturated heterocycles. The lowest BCUT2D eigenvalue weighted by Gasteiger charge is -2.22. The molecule has 0 aliphatic rings. The van der Waals surface area contributed by atoms with Gasteiger partial charge < -0.3 is 14.2 Å². The van der Waals surface area contributed by atoms with Crippen LogP contribution in [0.15, 0.2) is 18.2 Å². The standard InChI is InChI=1S/C15H19NO4/c1-10(14(17)20-15(2,3)4)19-13-7-11(9-16)6-12(8-13)18-5/h6-8,10H,1-5H3. The van der Waals surface area contributed by atoms with Crippen molar-refractivity contribution in [3.8, 4) is 17.6 Å². The van der Waals surface area contributed by atoms with Crippen LogP contribution in [0.3, 0.4) is 0 Å². The van der Waals surface area contributed by atoms with Crippen LogP contribution in [-0.4, -0.2) is 24.8 Å². The average molecular weight is 277 g/mol. The number of benzene rings is 1. The van der Waals surface area contributed by atoms with Gasteiger partial charge in [0.2, 0.25) is 0 Å². The van der Waals surface area contributed by atoms with E-state index < -0.39 is 17.7 Å². The first kappa shape index (κ1) is 15.8. The van der Waals surface area contributed by atoms with E-state index in [-0.39, 0.29) is 0 Å². The predicted molar refractivity (Wildman–Crippen MR) is 73.6 cm³/mol. The van der Waals surface area contributed by atoms with E-state index in [1.807, 2.05) is 6.07 Å². The maximum absolute atomic E-state index is 11.8. The smallest absolute Gasteiger partial charge is 0.347 e. The molecule has 0 amide bonds. The number of esters is 1. The molecule has 1 aromatic rings. The molecule has 0 spiro atoms. The van der Waals surface area contributed by atoms with Crippen LogP contribution in [0.25, 0.3) is 0 Å². The Kier molecular flexibility index (Phi) is 4.98. The molecule has 0 radical (unpaired) electrons. The zero-order valence-electron chi connectivity index (χ0n) is 12.4. The van der Waals surface area contributed by atoms with Crippen LogP contribution in [0.5, 0.6) is 11.5 Å². The first-order valence-corrected chi connectivity index (χ1v) is 6.24. The lowest BCUT2D eigenvalue weighted by atomic mass is 10.2. The van der Waals surface area contributed by atoms with Crippen molar-refractivity contribution >= 4 is 5.97 Å². The molecule has 1 atom stereocenters. The van der Waals surface area contributed by atoms with Crippen LogP contribution in [0, 0.1) is 11.3 Å². The number of rotatable bonds is 4. The van der Waals surface area contributed by atoms with Gasteiger partial charge in [-0.2, -0.15) is 5.26 Å². The molecule has 0 bridgehead atoms. The van der Waals surface area contributed by atoms with Crippen molar-refractivity contribution in [3.63, 3.8) is 0 Å². The lowest BCUT2D eigenvalue weighted by molar-refractivity contribution is -0.162. The van der Waals surface area contributed by atoms with Gasteiger partial charge >= 0.3 is 5.97 Å². The van der Waals surface area contributed by atoms with E-state index in [1.165, 1.54) is 7.11 Å². The van der Waals surface area contributed by atoms with Gasteiger partial charge in [0.05, 0.1) is 18.7 Å². The minimum atomic E-state index is -0.770.